The molecule has 0 atom stereocenters. The molecule has 0 saturated carbocycles. The van der Waals surface area contributed by atoms with Crippen molar-refractivity contribution in [2.24, 2.45) is 0 Å². The van der Waals surface area contributed by atoms with Crippen LogP contribution in [0.5, 0.6) is 5.75 Å². The number of carbonyl (C=O) groups is 1. The van der Waals surface area contributed by atoms with Gasteiger partial charge in [-0.1, -0.05) is 24.6 Å². The van der Waals surface area contributed by atoms with Crippen LogP contribution in [0.3, 0.4) is 0 Å². The molecular formula is C19H28N2O2. The SMILES string of the molecule is COc1ccccc1C1CCN(C(=O)CN2CCCCC2)CC1. The first-order valence-electron chi connectivity index (χ1n) is 8.91. The molecule has 0 aromatic heterocycles. The number of nitrogens with zero attached hydrogens (tertiary/aromatic N) is 2. The molecule has 3 rings (SSSR count). The maximum absolute atomic E-state index is 12.5. The number of amides is 1. The average molecular weight is 316 g/mol. The molecule has 1 aromatic carbocycles. The Bertz CT molecular complexity index is 518. The molecule has 2 heterocycles. The Hall–Kier alpha value is -1.55. The molecule has 1 aromatic rings. The summed E-state index contributed by atoms with van der Waals surface area (Å²) in [4.78, 5) is 16.9. The van der Waals surface area contributed by atoms with Crippen LogP contribution in [-0.2, 0) is 4.79 Å². The topological polar surface area (TPSA) is 32.8 Å². The fraction of sp³-hybridized carbons (Fsp3) is 0.632. The Morgan fingerprint density at radius 2 is 1.78 bits per heavy atom. The van der Waals surface area contributed by atoms with Crippen molar-refractivity contribution in [3.05, 3.63) is 29.8 Å². The van der Waals surface area contributed by atoms with E-state index in [0.29, 0.717) is 18.4 Å². The lowest BCUT2D eigenvalue weighted by atomic mass is 9.89. The molecule has 1 amide bonds. The van der Waals surface area contributed by atoms with Crippen LogP contribution in [0.15, 0.2) is 24.3 Å². The molecule has 2 saturated heterocycles. The molecule has 0 N–H and O–H groups in total. The highest BCUT2D eigenvalue weighted by Gasteiger charge is 2.26. The number of benzene rings is 1. The van der Waals surface area contributed by atoms with Gasteiger partial charge in [0.15, 0.2) is 0 Å². The van der Waals surface area contributed by atoms with Gasteiger partial charge in [0.25, 0.3) is 0 Å². The Kier molecular flexibility index (Phi) is 5.55. The van der Waals surface area contributed by atoms with E-state index in [0.717, 1.165) is 44.8 Å². The minimum Gasteiger partial charge on any atom is -0.496 e. The second-order valence-electron chi connectivity index (χ2n) is 6.73. The highest BCUT2D eigenvalue weighted by molar-refractivity contribution is 5.78. The van der Waals surface area contributed by atoms with Crippen LogP contribution in [0.4, 0.5) is 0 Å². The van der Waals surface area contributed by atoms with Crippen molar-refractivity contribution < 1.29 is 9.53 Å². The predicted molar refractivity (Wildman–Crippen MR) is 91.8 cm³/mol. The van der Waals surface area contributed by atoms with Gasteiger partial charge in [0.1, 0.15) is 5.75 Å². The lowest BCUT2D eigenvalue weighted by Gasteiger charge is -2.35. The van der Waals surface area contributed by atoms with Crippen LogP contribution in [0.1, 0.15) is 43.6 Å². The van der Waals surface area contributed by atoms with Crippen molar-refractivity contribution in [1.82, 2.24) is 9.80 Å². The number of piperidine rings is 2. The number of hydrogen-bond donors (Lipinski definition) is 0. The number of hydrogen-bond acceptors (Lipinski definition) is 3. The van der Waals surface area contributed by atoms with E-state index in [1.54, 1.807) is 7.11 Å². The second kappa shape index (κ2) is 7.82. The highest BCUT2D eigenvalue weighted by Crippen LogP contribution is 2.34. The maximum atomic E-state index is 12.5. The molecule has 4 heteroatoms. The molecular weight excluding hydrogens is 288 g/mol. The van der Waals surface area contributed by atoms with E-state index in [1.165, 1.54) is 24.8 Å². The van der Waals surface area contributed by atoms with Gasteiger partial charge in [0.05, 0.1) is 13.7 Å². The maximum Gasteiger partial charge on any atom is 0.236 e. The van der Waals surface area contributed by atoms with Gasteiger partial charge < -0.3 is 9.64 Å². The summed E-state index contributed by atoms with van der Waals surface area (Å²) in [6.07, 6.45) is 5.86. The monoisotopic (exact) mass is 316 g/mol. The van der Waals surface area contributed by atoms with Crippen molar-refractivity contribution in [3.8, 4) is 5.75 Å². The van der Waals surface area contributed by atoms with E-state index in [2.05, 4.69) is 21.9 Å². The number of ether oxygens (including phenoxy) is 1. The van der Waals surface area contributed by atoms with Gasteiger partial charge in [0.2, 0.25) is 5.91 Å². The summed E-state index contributed by atoms with van der Waals surface area (Å²) in [6, 6.07) is 8.28. The molecule has 2 aliphatic heterocycles. The summed E-state index contributed by atoms with van der Waals surface area (Å²) in [7, 11) is 1.73. The first kappa shape index (κ1) is 16.3. The van der Waals surface area contributed by atoms with Crippen molar-refractivity contribution in [2.45, 2.75) is 38.0 Å². The highest BCUT2D eigenvalue weighted by atomic mass is 16.5. The number of methoxy groups -OCH3 is 1. The Labute approximate surface area is 139 Å². The van der Waals surface area contributed by atoms with E-state index >= 15 is 0 Å². The summed E-state index contributed by atoms with van der Waals surface area (Å²) >= 11 is 0. The molecule has 2 aliphatic rings. The summed E-state index contributed by atoms with van der Waals surface area (Å²) in [5, 5.41) is 0. The normalized spacial score (nSPS) is 20.5. The Morgan fingerprint density at radius 1 is 1.09 bits per heavy atom. The first-order chi connectivity index (χ1) is 11.3. The zero-order valence-corrected chi connectivity index (χ0v) is 14.2. The summed E-state index contributed by atoms with van der Waals surface area (Å²) in [5.74, 6) is 1.79. The van der Waals surface area contributed by atoms with Crippen molar-refractivity contribution in [3.63, 3.8) is 0 Å². The Morgan fingerprint density at radius 3 is 2.48 bits per heavy atom. The number of para-hydroxylation sites is 1. The Balaban J connectivity index is 1.52. The third-order valence-corrected chi connectivity index (χ3v) is 5.23. The molecule has 4 nitrogen and oxygen atoms in total. The molecule has 0 spiro atoms. The van der Waals surface area contributed by atoms with Gasteiger partial charge in [-0.15, -0.1) is 0 Å². The lowest BCUT2D eigenvalue weighted by molar-refractivity contribution is -0.133. The zero-order chi connectivity index (χ0) is 16.1. The van der Waals surface area contributed by atoms with Gasteiger partial charge in [-0.05, 0) is 56.3 Å². The molecule has 126 valence electrons. The lowest BCUT2D eigenvalue weighted by Crippen LogP contribution is -2.45. The van der Waals surface area contributed by atoms with Crippen LogP contribution >= 0.6 is 0 Å². The quantitative estimate of drug-likeness (QED) is 0.856. The smallest absolute Gasteiger partial charge is 0.236 e. The first-order valence-corrected chi connectivity index (χ1v) is 8.91. The third-order valence-electron chi connectivity index (χ3n) is 5.23. The standard InChI is InChI=1S/C19H28N2O2/c1-23-18-8-4-3-7-17(18)16-9-13-21(14-10-16)19(22)15-20-11-5-2-6-12-20/h3-4,7-8,16H,2,5-6,9-15H2,1H3. The second-order valence-corrected chi connectivity index (χ2v) is 6.73. The van der Waals surface area contributed by atoms with Gasteiger partial charge >= 0.3 is 0 Å². The number of likely N-dealkylation sites (tertiary alicyclic amines) is 2. The van der Waals surface area contributed by atoms with Crippen LogP contribution in [0.2, 0.25) is 0 Å². The minimum atomic E-state index is 0.311. The van der Waals surface area contributed by atoms with Crippen LogP contribution in [0.25, 0.3) is 0 Å². The van der Waals surface area contributed by atoms with Crippen LogP contribution in [-0.4, -0.2) is 55.5 Å². The summed E-state index contributed by atoms with van der Waals surface area (Å²) in [5.41, 5.74) is 1.29. The molecule has 0 unspecified atom stereocenters. The third kappa shape index (κ3) is 4.05. The van der Waals surface area contributed by atoms with E-state index in [-0.39, 0.29) is 0 Å². The molecule has 0 bridgehead atoms. The van der Waals surface area contributed by atoms with Gasteiger partial charge in [0, 0.05) is 13.1 Å². The van der Waals surface area contributed by atoms with E-state index in [1.807, 2.05) is 12.1 Å². The van der Waals surface area contributed by atoms with Gasteiger partial charge in [-0.3, -0.25) is 9.69 Å². The fourth-order valence-corrected chi connectivity index (χ4v) is 3.85. The zero-order valence-electron chi connectivity index (χ0n) is 14.2. The van der Waals surface area contributed by atoms with Crippen molar-refractivity contribution >= 4 is 5.91 Å². The number of rotatable bonds is 4. The fourth-order valence-electron chi connectivity index (χ4n) is 3.85. The number of carbonyl (C=O) groups excluding carboxylic acids is 1. The predicted octanol–water partition coefficient (Wildman–Crippen LogP) is 2.89. The minimum absolute atomic E-state index is 0.311. The summed E-state index contributed by atoms with van der Waals surface area (Å²) < 4.78 is 5.49. The molecule has 0 aliphatic carbocycles. The van der Waals surface area contributed by atoms with E-state index in [4.69, 9.17) is 4.74 Å². The average Bonchev–Trinajstić information content (AvgIpc) is 2.62. The van der Waals surface area contributed by atoms with Gasteiger partial charge in [-0.25, -0.2) is 0 Å². The van der Waals surface area contributed by atoms with Crippen molar-refractivity contribution in [1.29, 1.82) is 0 Å². The van der Waals surface area contributed by atoms with E-state index in [9.17, 15) is 4.79 Å². The van der Waals surface area contributed by atoms with Crippen molar-refractivity contribution in [2.75, 3.05) is 39.8 Å². The molecule has 0 radical (unpaired) electrons. The molecule has 2 fully saturated rings. The van der Waals surface area contributed by atoms with Gasteiger partial charge in [-0.2, -0.15) is 0 Å². The van der Waals surface area contributed by atoms with Crippen LogP contribution < -0.4 is 4.74 Å². The molecule has 23 heavy (non-hydrogen) atoms. The van der Waals surface area contributed by atoms with E-state index < -0.39 is 0 Å². The van der Waals surface area contributed by atoms with Crippen LogP contribution in [0, 0.1) is 0 Å². The largest absolute Gasteiger partial charge is 0.496 e. The summed E-state index contributed by atoms with van der Waals surface area (Å²) in [6.45, 7) is 4.52.